The fourth-order valence-electron chi connectivity index (χ4n) is 2.74. The molecule has 0 aliphatic carbocycles. The molecule has 0 saturated heterocycles. The summed E-state index contributed by atoms with van der Waals surface area (Å²) in [6.45, 7) is 1.18. The van der Waals surface area contributed by atoms with Crippen molar-refractivity contribution in [3.63, 3.8) is 0 Å². The number of aromatic nitrogens is 1. The average molecular weight is 308 g/mol. The fraction of sp³-hybridized carbons (Fsp3) is 0.211. The molecule has 4 nitrogen and oxygen atoms in total. The molecule has 0 aliphatic rings. The second-order valence-corrected chi connectivity index (χ2v) is 5.40. The maximum absolute atomic E-state index is 13.1. The van der Waals surface area contributed by atoms with E-state index in [1.807, 2.05) is 54.6 Å². The van der Waals surface area contributed by atoms with Gasteiger partial charge in [-0.3, -0.25) is 4.79 Å². The Morgan fingerprint density at radius 1 is 1.13 bits per heavy atom. The number of aromatic amines is 1. The number of para-hydroxylation sites is 1. The van der Waals surface area contributed by atoms with Crippen LogP contribution in [0.4, 0.5) is 0 Å². The van der Waals surface area contributed by atoms with Gasteiger partial charge in [0.25, 0.3) is 0 Å². The number of rotatable bonds is 7. The monoisotopic (exact) mass is 308 g/mol. The third-order valence-corrected chi connectivity index (χ3v) is 3.90. The number of hydrogen-bond acceptors (Lipinski definition) is 3. The van der Waals surface area contributed by atoms with E-state index in [1.165, 1.54) is 0 Å². The van der Waals surface area contributed by atoms with Crippen molar-refractivity contribution in [2.45, 2.75) is 6.04 Å². The number of Topliss-reactive ketones (excluding diaryl/α,β-unsaturated/α-hetero) is 1. The van der Waals surface area contributed by atoms with E-state index in [0.717, 1.165) is 16.5 Å². The van der Waals surface area contributed by atoms with E-state index in [9.17, 15) is 4.79 Å². The van der Waals surface area contributed by atoms with Crippen molar-refractivity contribution < 1.29 is 9.53 Å². The molecule has 0 amide bonds. The first-order valence-electron chi connectivity index (χ1n) is 7.69. The molecule has 23 heavy (non-hydrogen) atoms. The molecule has 0 saturated carbocycles. The van der Waals surface area contributed by atoms with Gasteiger partial charge in [-0.25, -0.2) is 0 Å². The van der Waals surface area contributed by atoms with Gasteiger partial charge in [0.05, 0.1) is 12.6 Å². The normalized spacial score (nSPS) is 12.4. The highest BCUT2D eigenvalue weighted by atomic mass is 16.5. The minimum Gasteiger partial charge on any atom is -0.383 e. The van der Waals surface area contributed by atoms with E-state index >= 15 is 0 Å². The number of nitrogens with one attached hydrogen (secondary N) is 2. The molecule has 1 atom stereocenters. The zero-order valence-electron chi connectivity index (χ0n) is 13.1. The van der Waals surface area contributed by atoms with Crippen molar-refractivity contribution >= 4 is 16.7 Å². The smallest absolute Gasteiger partial charge is 0.186 e. The van der Waals surface area contributed by atoms with E-state index in [-0.39, 0.29) is 11.8 Å². The van der Waals surface area contributed by atoms with Gasteiger partial charge in [-0.05, 0) is 11.6 Å². The third-order valence-electron chi connectivity index (χ3n) is 3.90. The molecular weight excluding hydrogens is 288 g/mol. The first-order chi connectivity index (χ1) is 11.3. The van der Waals surface area contributed by atoms with Crippen molar-refractivity contribution in [3.8, 4) is 0 Å². The second-order valence-electron chi connectivity index (χ2n) is 5.40. The summed E-state index contributed by atoms with van der Waals surface area (Å²) >= 11 is 0. The van der Waals surface area contributed by atoms with Crippen LogP contribution in [0, 0.1) is 0 Å². The summed E-state index contributed by atoms with van der Waals surface area (Å²) in [6, 6.07) is 17.2. The molecule has 118 valence electrons. The largest absolute Gasteiger partial charge is 0.383 e. The van der Waals surface area contributed by atoms with Crippen LogP contribution in [0.15, 0.2) is 60.8 Å². The number of methoxy groups -OCH3 is 1. The van der Waals surface area contributed by atoms with Crippen LogP contribution in [0.1, 0.15) is 22.0 Å². The highest BCUT2D eigenvalue weighted by Crippen LogP contribution is 2.24. The summed E-state index contributed by atoms with van der Waals surface area (Å²) in [6.07, 6.45) is 1.79. The van der Waals surface area contributed by atoms with Crippen molar-refractivity contribution in [1.29, 1.82) is 0 Å². The molecule has 1 heterocycles. The standard InChI is InChI=1S/C19H20N2O2/c1-23-12-11-20-18(14-7-3-2-4-8-14)19(22)16-13-21-17-10-6-5-9-15(16)17/h2-10,13,18,20-21H,11-12H2,1H3/t18-/m1/s1. The summed E-state index contributed by atoms with van der Waals surface area (Å²) in [5.74, 6) is 0.0600. The van der Waals surface area contributed by atoms with E-state index in [1.54, 1.807) is 13.3 Å². The number of carbonyl (C=O) groups excluding carboxylic acids is 1. The molecule has 3 rings (SSSR count). The Balaban J connectivity index is 1.93. The molecule has 0 unspecified atom stereocenters. The number of carbonyl (C=O) groups is 1. The zero-order chi connectivity index (χ0) is 16.1. The van der Waals surface area contributed by atoms with E-state index < -0.39 is 0 Å². The summed E-state index contributed by atoms with van der Waals surface area (Å²) in [5.41, 5.74) is 2.64. The van der Waals surface area contributed by atoms with Gasteiger partial charge in [0.2, 0.25) is 0 Å². The molecule has 2 aromatic carbocycles. The van der Waals surface area contributed by atoms with Gasteiger partial charge in [0.1, 0.15) is 0 Å². The molecule has 1 aromatic heterocycles. The van der Waals surface area contributed by atoms with Crippen molar-refractivity contribution in [3.05, 3.63) is 71.9 Å². The number of ketones is 1. The first kappa shape index (κ1) is 15.5. The van der Waals surface area contributed by atoms with Crippen molar-refractivity contribution in [2.75, 3.05) is 20.3 Å². The van der Waals surface area contributed by atoms with E-state index in [0.29, 0.717) is 18.7 Å². The van der Waals surface area contributed by atoms with Gasteiger partial charge in [0, 0.05) is 36.3 Å². The highest BCUT2D eigenvalue weighted by Gasteiger charge is 2.23. The average Bonchev–Trinajstić information content (AvgIpc) is 3.03. The Hall–Kier alpha value is -2.43. The lowest BCUT2D eigenvalue weighted by molar-refractivity contribution is 0.0938. The molecular formula is C19H20N2O2. The maximum Gasteiger partial charge on any atom is 0.186 e. The van der Waals surface area contributed by atoms with Crippen LogP contribution < -0.4 is 5.32 Å². The van der Waals surface area contributed by atoms with Crippen LogP contribution in [0.3, 0.4) is 0 Å². The van der Waals surface area contributed by atoms with Gasteiger partial charge in [0.15, 0.2) is 5.78 Å². The van der Waals surface area contributed by atoms with Crippen molar-refractivity contribution in [1.82, 2.24) is 10.3 Å². The lowest BCUT2D eigenvalue weighted by Gasteiger charge is -2.17. The quantitative estimate of drug-likeness (QED) is 0.520. The SMILES string of the molecule is COCCN[C@@H](C(=O)c1c[nH]c2ccccc12)c1ccccc1. The summed E-state index contributed by atoms with van der Waals surface area (Å²) in [5, 5.41) is 4.25. The number of hydrogen-bond donors (Lipinski definition) is 2. The van der Waals surface area contributed by atoms with E-state index in [4.69, 9.17) is 4.74 Å². The summed E-state index contributed by atoms with van der Waals surface area (Å²) in [4.78, 5) is 16.3. The zero-order valence-corrected chi connectivity index (χ0v) is 13.1. The molecule has 0 bridgehead atoms. The molecule has 0 aliphatic heterocycles. The highest BCUT2D eigenvalue weighted by molar-refractivity contribution is 6.10. The van der Waals surface area contributed by atoms with Crippen LogP contribution >= 0.6 is 0 Å². The van der Waals surface area contributed by atoms with Crippen LogP contribution in [0.5, 0.6) is 0 Å². The molecule has 3 aromatic rings. The van der Waals surface area contributed by atoms with Gasteiger partial charge in [-0.1, -0.05) is 48.5 Å². The van der Waals surface area contributed by atoms with Gasteiger partial charge in [-0.15, -0.1) is 0 Å². The molecule has 0 fully saturated rings. The van der Waals surface area contributed by atoms with Gasteiger partial charge >= 0.3 is 0 Å². The minimum absolute atomic E-state index is 0.0600. The Kier molecular flexibility index (Phi) is 4.86. The Morgan fingerprint density at radius 3 is 2.65 bits per heavy atom. The lowest BCUT2D eigenvalue weighted by Crippen LogP contribution is -2.31. The predicted octanol–water partition coefficient (Wildman–Crippen LogP) is 3.33. The third kappa shape index (κ3) is 3.33. The topological polar surface area (TPSA) is 54.1 Å². The van der Waals surface area contributed by atoms with Gasteiger partial charge < -0.3 is 15.0 Å². The lowest BCUT2D eigenvalue weighted by atomic mass is 9.97. The second kappa shape index (κ2) is 7.22. The number of fused-ring (bicyclic) bond motifs is 1. The minimum atomic E-state index is -0.384. The van der Waals surface area contributed by atoms with Gasteiger partial charge in [-0.2, -0.15) is 0 Å². The number of ether oxygens (including phenoxy) is 1. The number of H-pyrrole nitrogens is 1. The molecule has 0 spiro atoms. The van der Waals surface area contributed by atoms with Crippen LogP contribution in [0.2, 0.25) is 0 Å². The molecule has 2 N–H and O–H groups in total. The van der Waals surface area contributed by atoms with Crippen LogP contribution in [0.25, 0.3) is 10.9 Å². The Labute approximate surface area is 135 Å². The maximum atomic E-state index is 13.1. The predicted molar refractivity (Wildman–Crippen MR) is 91.7 cm³/mol. The fourth-order valence-corrected chi connectivity index (χ4v) is 2.74. The molecule has 0 radical (unpaired) electrons. The Morgan fingerprint density at radius 2 is 1.87 bits per heavy atom. The Bertz CT molecular complexity index is 780. The summed E-state index contributed by atoms with van der Waals surface area (Å²) in [7, 11) is 1.65. The number of benzene rings is 2. The van der Waals surface area contributed by atoms with Crippen LogP contribution in [-0.4, -0.2) is 31.0 Å². The van der Waals surface area contributed by atoms with Crippen molar-refractivity contribution in [2.24, 2.45) is 0 Å². The molecule has 4 heteroatoms. The summed E-state index contributed by atoms with van der Waals surface area (Å²) < 4.78 is 5.09. The van der Waals surface area contributed by atoms with Crippen LogP contribution in [-0.2, 0) is 4.74 Å². The van der Waals surface area contributed by atoms with E-state index in [2.05, 4.69) is 10.3 Å². The first-order valence-corrected chi connectivity index (χ1v) is 7.69.